The summed E-state index contributed by atoms with van der Waals surface area (Å²) in [4.78, 5) is 16.2. The van der Waals surface area contributed by atoms with Gasteiger partial charge in [-0.05, 0) is 19.4 Å². The van der Waals surface area contributed by atoms with E-state index in [1.165, 1.54) is 6.39 Å². The number of carbonyl (C=O) groups excluding carboxylic acids is 1. The number of anilines is 1. The van der Waals surface area contributed by atoms with Crippen molar-refractivity contribution in [1.29, 1.82) is 0 Å². The molecule has 0 fully saturated rings. The molecule has 0 unspecified atom stereocenters. The number of nitrogens with zero attached hydrogens (tertiary/aromatic N) is 3. The van der Waals surface area contributed by atoms with Crippen molar-refractivity contribution in [3.63, 3.8) is 0 Å². The van der Waals surface area contributed by atoms with Crippen molar-refractivity contribution < 1.29 is 14.3 Å². The van der Waals surface area contributed by atoms with Crippen molar-refractivity contribution in [2.24, 2.45) is 0 Å². The van der Waals surface area contributed by atoms with E-state index in [4.69, 9.17) is 4.42 Å². The van der Waals surface area contributed by atoms with Crippen molar-refractivity contribution >= 4 is 11.7 Å². The molecule has 2 N–H and O–H groups in total. The standard InChI is InChI=1S/C17H18N4O3/c1-11-5-3-4-6-13(11)14-9-15(21(20-14)7-8-22)19-17(23)16-12(2)24-10-18-16/h3-6,9-10,22H,7-8H2,1-2H3,(H,19,23). The topological polar surface area (TPSA) is 93.2 Å². The minimum Gasteiger partial charge on any atom is -0.448 e. The van der Waals surface area contributed by atoms with Gasteiger partial charge in [-0.25, -0.2) is 9.67 Å². The molecule has 0 radical (unpaired) electrons. The molecule has 3 aromatic rings. The second-order valence-electron chi connectivity index (χ2n) is 5.39. The quantitative estimate of drug-likeness (QED) is 0.751. The zero-order valence-corrected chi connectivity index (χ0v) is 13.5. The molecule has 0 aliphatic heterocycles. The van der Waals surface area contributed by atoms with E-state index < -0.39 is 0 Å². The Kier molecular flexibility index (Phi) is 4.43. The second kappa shape index (κ2) is 6.67. The molecule has 2 aromatic heterocycles. The van der Waals surface area contributed by atoms with Crippen LogP contribution in [0.2, 0.25) is 0 Å². The third kappa shape index (κ3) is 3.07. The molecule has 124 valence electrons. The van der Waals surface area contributed by atoms with Gasteiger partial charge in [0.25, 0.3) is 5.91 Å². The van der Waals surface area contributed by atoms with Crippen molar-refractivity contribution in [2.45, 2.75) is 20.4 Å². The van der Waals surface area contributed by atoms with Crippen LogP contribution in [0.5, 0.6) is 0 Å². The summed E-state index contributed by atoms with van der Waals surface area (Å²) in [5, 5.41) is 16.5. The molecule has 7 nitrogen and oxygen atoms in total. The smallest absolute Gasteiger partial charge is 0.279 e. The third-order valence-electron chi connectivity index (χ3n) is 3.71. The Balaban J connectivity index is 1.94. The zero-order valence-electron chi connectivity index (χ0n) is 13.5. The number of benzene rings is 1. The van der Waals surface area contributed by atoms with Crippen LogP contribution in [0.1, 0.15) is 21.8 Å². The summed E-state index contributed by atoms with van der Waals surface area (Å²) < 4.78 is 6.62. The first-order valence-corrected chi connectivity index (χ1v) is 7.56. The average molecular weight is 326 g/mol. The monoisotopic (exact) mass is 326 g/mol. The first-order valence-electron chi connectivity index (χ1n) is 7.56. The highest BCUT2D eigenvalue weighted by Crippen LogP contribution is 2.25. The summed E-state index contributed by atoms with van der Waals surface area (Å²) >= 11 is 0. The molecule has 24 heavy (non-hydrogen) atoms. The van der Waals surface area contributed by atoms with Crippen LogP contribution in [0, 0.1) is 13.8 Å². The maximum absolute atomic E-state index is 12.3. The van der Waals surface area contributed by atoms with E-state index in [0.29, 0.717) is 11.6 Å². The molecular weight excluding hydrogens is 308 g/mol. The Morgan fingerprint density at radius 1 is 1.33 bits per heavy atom. The lowest BCUT2D eigenvalue weighted by Gasteiger charge is -2.06. The molecule has 0 aliphatic carbocycles. The van der Waals surface area contributed by atoms with Gasteiger partial charge in [-0.2, -0.15) is 5.10 Å². The highest BCUT2D eigenvalue weighted by atomic mass is 16.3. The fourth-order valence-corrected chi connectivity index (χ4v) is 2.47. The normalized spacial score (nSPS) is 10.8. The molecule has 3 rings (SSSR count). The summed E-state index contributed by atoms with van der Waals surface area (Å²) in [6.07, 6.45) is 1.23. The number of aliphatic hydroxyl groups excluding tert-OH is 1. The number of aliphatic hydroxyl groups is 1. The number of hydrogen-bond acceptors (Lipinski definition) is 5. The maximum atomic E-state index is 12.3. The number of carbonyl (C=O) groups is 1. The van der Waals surface area contributed by atoms with E-state index >= 15 is 0 Å². The van der Waals surface area contributed by atoms with Gasteiger partial charge in [0.1, 0.15) is 11.6 Å². The highest BCUT2D eigenvalue weighted by molar-refractivity contribution is 6.03. The van der Waals surface area contributed by atoms with E-state index in [1.54, 1.807) is 17.7 Å². The van der Waals surface area contributed by atoms with Crippen molar-refractivity contribution in [3.8, 4) is 11.3 Å². The molecule has 0 spiro atoms. The van der Waals surface area contributed by atoms with Gasteiger partial charge in [-0.15, -0.1) is 0 Å². The Morgan fingerprint density at radius 2 is 2.12 bits per heavy atom. The van der Waals surface area contributed by atoms with Gasteiger partial charge in [-0.3, -0.25) is 4.79 Å². The molecule has 7 heteroatoms. The van der Waals surface area contributed by atoms with Crippen LogP contribution in [-0.2, 0) is 6.54 Å². The second-order valence-corrected chi connectivity index (χ2v) is 5.39. The lowest BCUT2D eigenvalue weighted by atomic mass is 10.1. The molecule has 2 heterocycles. The van der Waals surface area contributed by atoms with Crippen LogP contribution < -0.4 is 5.32 Å². The SMILES string of the molecule is Cc1ccccc1-c1cc(NC(=O)c2ncoc2C)n(CCO)n1. The van der Waals surface area contributed by atoms with Gasteiger partial charge < -0.3 is 14.8 Å². The molecule has 0 atom stereocenters. The predicted octanol–water partition coefficient (Wildman–Crippen LogP) is 2.40. The van der Waals surface area contributed by atoms with Crippen LogP contribution >= 0.6 is 0 Å². The summed E-state index contributed by atoms with van der Waals surface area (Å²) in [5.74, 6) is 0.561. The highest BCUT2D eigenvalue weighted by Gasteiger charge is 2.17. The summed E-state index contributed by atoms with van der Waals surface area (Å²) in [7, 11) is 0. The van der Waals surface area contributed by atoms with E-state index in [1.807, 2.05) is 31.2 Å². The van der Waals surface area contributed by atoms with Crippen LogP contribution in [0.25, 0.3) is 11.3 Å². The fourth-order valence-electron chi connectivity index (χ4n) is 2.47. The van der Waals surface area contributed by atoms with Crippen LogP contribution in [0.4, 0.5) is 5.82 Å². The number of oxazole rings is 1. The lowest BCUT2D eigenvalue weighted by Crippen LogP contribution is -2.17. The lowest BCUT2D eigenvalue weighted by molar-refractivity contribution is 0.102. The Labute approximate surface area is 138 Å². The molecular formula is C17H18N4O3. The first-order chi connectivity index (χ1) is 11.6. The van der Waals surface area contributed by atoms with Gasteiger partial charge in [0.2, 0.25) is 0 Å². The number of hydrogen-bond donors (Lipinski definition) is 2. The minimum atomic E-state index is -0.378. The number of aromatic nitrogens is 3. The van der Waals surface area contributed by atoms with Crippen molar-refractivity contribution in [3.05, 3.63) is 53.7 Å². The molecule has 0 bridgehead atoms. The van der Waals surface area contributed by atoms with E-state index in [9.17, 15) is 9.90 Å². The summed E-state index contributed by atoms with van der Waals surface area (Å²) in [5.41, 5.74) is 3.01. The maximum Gasteiger partial charge on any atom is 0.279 e. The zero-order chi connectivity index (χ0) is 17.1. The number of rotatable bonds is 5. The van der Waals surface area contributed by atoms with E-state index in [2.05, 4.69) is 15.4 Å². The Morgan fingerprint density at radius 3 is 2.79 bits per heavy atom. The van der Waals surface area contributed by atoms with Crippen molar-refractivity contribution in [1.82, 2.24) is 14.8 Å². The Hall–Kier alpha value is -2.93. The van der Waals surface area contributed by atoms with Crippen LogP contribution in [0.3, 0.4) is 0 Å². The summed E-state index contributed by atoms with van der Waals surface area (Å²) in [6.45, 7) is 3.86. The summed E-state index contributed by atoms with van der Waals surface area (Å²) in [6, 6.07) is 9.64. The average Bonchev–Trinajstić information content (AvgIpc) is 3.15. The van der Waals surface area contributed by atoms with Crippen LogP contribution in [0.15, 0.2) is 41.1 Å². The molecule has 0 aliphatic rings. The predicted molar refractivity (Wildman–Crippen MR) is 88.7 cm³/mol. The van der Waals surface area contributed by atoms with Crippen LogP contribution in [-0.4, -0.2) is 32.4 Å². The van der Waals surface area contributed by atoms with Crippen molar-refractivity contribution in [2.75, 3.05) is 11.9 Å². The minimum absolute atomic E-state index is 0.0826. The number of aryl methyl sites for hydroxylation is 2. The molecule has 1 aromatic carbocycles. The van der Waals surface area contributed by atoms with Gasteiger partial charge in [-0.1, -0.05) is 24.3 Å². The fraction of sp³-hybridized carbons (Fsp3) is 0.235. The molecule has 1 amide bonds. The molecule has 0 saturated carbocycles. The van der Waals surface area contributed by atoms with Gasteiger partial charge in [0, 0.05) is 11.6 Å². The van der Waals surface area contributed by atoms with Gasteiger partial charge in [0.05, 0.1) is 18.8 Å². The van der Waals surface area contributed by atoms with Gasteiger partial charge >= 0.3 is 0 Å². The van der Waals surface area contributed by atoms with Gasteiger partial charge in [0.15, 0.2) is 12.1 Å². The third-order valence-corrected chi connectivity index (χ3v) is 3.71. The number of amides is 1. The Bertz CT molecular complexity index is 866. The molecule has 0 saturated heterocycles. The first kappa shape index (κ1) is 15.9. The largest absolute Gasteiger partial charge is 0.448 e. The van der Waals surface area contributed by atoms with E-state index in [-0.39, 0.29) is 24.8 Å². The van der Waals surface area contributed by atoms with E-state index in [0.717, 1.165) is 16.8 Å². The number of nitrogens with one attached hydrogen (secondary N) is 1.